The summed E-state index contributed by atoms with van der Waals surface area (Å²) < 4.78 is 11.9. The van der Waals surface area contributed by atoms with E-state index in [2.05, 4.69) is 46.3 Å². The minimum atomic E-state index is -0.731. The number of alkyl halides is 1. The smallest absolute Gasteiger partial charge is 0.204 e. The summed E-state index contributed by atoms with van der Waals surface area (Å²) in [5.41, 5.74) is 6.17. The van der Waals surface area contributed by atoms with Crippen molar-refractivity contribution in [2.45, 2.75) is 26.1 Å². The Bertz CT molecular complexity index is 709. The van der Waals surface area contributed by atoms with Gasteiger partial charge in [0.1, 0.15) is 0 Å². The lowest BCUT2D eigenvalue weighted by molar-refractivity contribution is -0.225. The van der Waals surface area contributed by atoms with Gasteiger partial charge in [-0.25, -0.2) is 0 Å². The van der Waals surface area contributed by atoms with Crippen molar-refractivity contribution in [1.29, 1.82) is 0 Å². The topological polar surface area (TPSA) is 18.5 Å². The molecule has 23 heavy (non-hydrogen) atoms. The van der Waals surface area contributed by atoms with Crippen LogP contribution in [0.1, 0.15) is 30.5 Å². The lowest BCUT2D eigenvalue weighted by Crippen LogP contribution is -2.35. The van der Waals surface area contributed by atoms with Crippen LogP contribution in [0.4, 0.5) is 0 Å². The van der Waals surface area contributed by atoms with E-state index in [9.17, 15) is 0 Å². The Hall–Kier alpha value is -0.870. The number of benzene rings is 2. The van der Waals surface area contributed by atoms with E-state index >= 15 is 0 Å². The first-order valence-corrected chi connectivity index (χ1v) is 9.39. The van der Waals surface area contributed by atoms with E-state index in [0.717, 1.165) is 17.0 Å². The molecule has 0 N–H and O–H groups in total. The molecule has 2 aromatic rings. The van der Waals surface area contributed by atoms with Gasteiger partial charge < -0.3 is 9.47 Å². The maximum atomic E-state index is 6.13. The molecule has 0 atom stereocenters. The first kappa shape index (κ1) is 17.0. The number of rotatable bonds is 6. The van der Waals surface area contributed by atoms with Gasteiger partial charge in [0, 0.05) is 23.8 Å². The van der Waals surface area contributed by atoms with Gasteiger partial charge >= 0.3 is 0 Å². The van der Waals surface area contributed by atoms with Gasteiger partial charge in [0.05, 0.1) is 5.33 Å². The molecule has 1 aliphatic rings. The van der Waals surface area contributed by atoms with Crippen LogP contribution in [0.15, 0.2) is 36.4 Å². The van der Waals surface area contributed by atoms with Crippen LogP contribution >= 0.6 is 27.5 Å². The minimum Gasteiger partial charge on any atom is -0.345 e. The van der Waals surface area contributed by atoms with E-state index in [4.69, 9.17) is 21.1 Å². The Balaban J connectivity index is 2.02. The third-order valence-electron chi connectivity index (χ3n) is 4.21. The van der Waals surface area contributed by atoms with Crippen molar-refractivity contribution in [2.24, 2.45) is 0 Å². The number of halogens is 2. The number of ether oxygens (including phenoxy) is 2. The first-order chi connectivity index (χ1) is 11.1. The van der Waals surface area contributed by atoms with Crippen molar-refractivity contribution >= 4 is 27.5 Å². The molecule has 0 spiro atoms. The average Bonchev–Trinajstić information content (AvgIpc) is 2.90. The van der Waals surface area contributed by atoms with Crippen LogP contribution in [-0.2, 0) is 21.7 Å². The lowest BCUT2D eigenvalue weighted by atomic mass is 9.99. The van der Waals surface area contributed by atoms with E-state index in [0.29, 0.717) is 18.5 Å². The molecule has 0 bridgehead atoms. The van der Waals surface area contributed by atoms with Crippen LogP contribution in [0, 0.1) is 0 Å². The molecule has 0 aliphatic heterocycles. The number of hydrogen-bond donors (Lipinski definition) is 0. The third-order valence-corrected chi connectivity index (χ3v) is 5.19. The van der Waals surface area contributed by atoms with Crippen molar-refractivity contribution < 1.29 is 9.47 Å². The molecule has 0 amide bonds. The van der Waals surface area contributed by atoms with Crippen molar-refractivity contribution in [2.75, 3.05) is 18.5 Å². The summed E-state index contributed by atoms with van der Waals surface area (Å²) in [4.78, 5) is 0. The van der Waals surface area contributed by atoms with Gasteiger partial charge in [-0.3, -0.25) is 0 Å². The van der Waals surface area contributed by atoms with Gasteiger partial charge in [0.15, 0.2) is 0 Å². The molecule has 1 aliphatic carbocycles. The monoisotopic (exact) mass is 394 g/mol. The highest BCUT2D eigenvalue weighted by Gasteiger charge is 2.34. The van der Waals surface area contributed by atoms with Crippen LogP contribution < -0.4 is 0 Å². The van der Waals surface area contributed by atoms with Crippen molar-refractivity contribution in [3.05, 3.63) is 58.1 Å². The molecular weight excluding hydrogens is 376 g/mol. The molecule has 0 unspecified atom stereocenters. The molecule has 2 aromatic carbocycles. The van der Waals surface area contributed by atoms with E-state index < -0.39 is 5.79 Å². The number of fused-ring (bicyclic) bond motifs is 3. The Labute approximate surface area is 150 Å². The predicted octanol–water partition coefficient (Wildman–Crippen LogP) is 5.53. The maximum Gasteiger partial charge on any atom is 0.204 e. The van der Waals surface area contributed by atoms with E-state index in [1.165, 1.54) is 22.3 Å². The normalized spacial score (nSPS) is 13.0. The van der Waals surface area contributed by atoms with E-state index in [1.54, 1.807) is 0 Å². The average molecular weight is 396 g/mol. The van der Waals surface area contributed by atoms with Crippen LogP contribution in [0.25, 0.3) is 11.1 Å². The van der Waals surface area contributed by atoms with Gasteiger partial charge in [-0.1, -0.05) is 45.7 Å². The van der Waals surface area contributed by atoms with Gasteiger partial charge in [0.2, 0.25) is 5.79 Å². The van der Waals surface area contributed by atoms with Crippen LogP contribution in [0.3, 0.4) is 0 Å². The van der Waals surface area contributed by atoms with Gasteiger partial charge in [-0.15, -0.1) is 0 Å². The molecule has 2 nitrogen and oxygen atoms in total. The summed E-state index contributed by atoms with van der Waals surface area (Å²) >= 11 is 9.69. The van der Waals surface area contributed by atoms with Crippen LogP contribution in [-0.4, -0.2) is 18.5 Å². The molecule has 0 saturated heterocycles. The lowest BCUT2D eigenvalue weighted by Gasteiger charge is -2.32. The van der Waals surface area contributed by atoms with Gasteiger partial charge in [-0.05, 0) is 60.7 Å². The maximum absolute atomic E-state index is 6.13. The second-order valence-corrected chi connectivity index (χ2v) is 6.60. The highest BCUT2D eigenvalue weighted by atomic mass is 79.9. The molecule has 0 radical (unpaired) electrons. The quantitative estimate of drug-likeness (QED) is 0.403. The molecule has 3 rings (SSSR count). The predicted molar refractivity (Wildman–Crippen MR) is 98.4 cm³/mol. The zero-order valence-corrected chi connectivity index (χ0v) is 15.7. The summed E-state index contributed by atoms with van der Waals surface area (Å²) in [6.45, 7) is 5.17. The fraction of sp³-hybridized carbons (Fsp3) is 0.368. The molecule has 4 heteroatoms. The van der Waals surface area contributed by atoms with Crippen molar-refractivity contribution in [3.63, 3.8) is 0 Å². The van der Waals surface area contributed by atoms with Gasteiger partial charge in [0.25, 0.3) is 0 Å². The highest BCUT2D eigenvalue weighted by Crippen LogP contribution is 2.40. The standard InChI is InChI=1S/C19H20BrClO2/c1-3-22-19(12-20,23-4-2)15-5-7-17-13(10-15)9-14-11-16(21)6-8-18(14)17/h5-8,10-11H,3-4,9,12H2,1-2H3. The Morgan fingerprint density at radius 2 is 1.61 bits per heavy atom. The highest BCUT2D eigenvalue weighted by molar-refractivity contribution is 9.09. The molecule has 0 aromatic heterocycles. The summed E-state index contributed by atoms with van der Waals surface area (Å²) in [5.74, 6) is -0.731. The van der Waals surface area contributed by atoms with E-state index in [1.807, 2.05) is 19.9 Å². The SMILES string of the molecule is CCOC(CBr)(OCC)c1ccc2c(c1)Cc1cc(Cl)ccc1-2. The number of hydrogen-bond acceptors (Lipinski definition) is 2. The van der Waals surface area contributed by atoms with Crippen LogP contribution in [0.5, 0.6) is 0 Å². The van der Waals surface area contributed by atoms with E-state index in [-0.39, 0.29) is 0 Å². The van der Waals surface area contributed by atoms with Crippen molar-refractivity contribution in [3.8, 4) is 11.1 Å². The van der Waals surface area contributed by atoms with Crippen LogP contribution in [0.2, 0.25) is 5.02 Å². The third kappa shape index (κ3) is 3.08. The zero-order chi connectivity index (χ0) is 16.4. The Morgan fingerprint density at radius 1 is 1.00 bits per heavy atom. The Morgan fingerprint density at radius 3 is 2.22 bits per heavy atom. The summed E-state index contributed by atoms with van der Waals surface area (Å²) in [6, 6.07) is 12.6. The molecule has 0 fully saturated rings. The summed E-state index contributed by atoms with van der Waals surface area (Å²) in [7, 11) is 0. The fourth-order valence-corrected chi connectivity index (χ4v) is 4.09. The second-order valence-electron chi connectivity index (χ2n) is 5.60. The molecular formula is C19H20BrClO2. The largest absolute Gasteiger partial charge is 0.345 e. The Kier molecular flexibility index (Phi) is 5.12. The first-order valence-electron chi connectivity index (χ1n) is 7.89. The fourth-order valence-electron chi connectivity index (χ4n) is 3.25. The summed E-state index contributed by atoms with van der Waals surface area (Å²) in [6.07, 6.45) is 0.898. The summed E-state index contributed by atoms with van der Waals surface area (Å²) in [5, 5.41) is 1.38. The van der Waals surface area contributed by atoms with Crippen molar-refractivity contribution in [1.82, 2.24) is 0 Å². The molecule has 122 valence electrons. The molecule has 0 saturated carbocycles. The van der Waals surface area contributed by atoms with Gasteiger partial charge in [-0.2, -0.15) is 0 Å². The minimum absolute atomic E-state index is 0.596. The zero-order valence-electron chi connectivity index (χ0n) is 13.4. The molecule has 0 heterocycles. The second kappa shape index (κ2) is 6.94.